The largest absolute Gasteiger partial charge is 0.243 e. The van der Waals surface area contributed by atoms with Gasteiger partial charge in [-0.1, -0.05) is 6.07 Å². The molecule has 0 aliphatic rings. The first kappa shape index (κ1) is 11.1. The molecule has 2 aromatic rings. The third kappa shape index (κ3) is 2.06. The van der Waals surface area contributed by atoms with Crippen LogP contribution in [0.4, 0.5) is 5.00 Å². The van der Waals surface area contributed by atoms with Crippen molar-refractivity contribution in [1.82, 2.24) is 0 Å². The van der Waals surface area contributed by atoms with E-state index in [1.807, 2.05) is 37.6 Å². The highest BCUT2D eigenvalue weighted by molar-refractivity contribution is 7.16. The highest BCUT2D eigenvalue weighted by atomic mass is 32.1. The van der Waals surface area contributed by atoms with Crippen molar-refractivity contribution in [3.63, 3.8) is 0 Å². The van der Waals surface area contributed by atoms with E-state index in [-0.39, 0.29) is 0 Å². The highest BCUT2D eigenvalue weighted by Crippen LogP contribution is 2.33. The minimum atomic E-state index is 0.704. The molecule has 0 atom stereocenters. The average molecular weight is 246 g/mol. The van der Waals surface area contributed by atoms with Crippen LogP contribution < -0.4 is 0 Å². The second kappa shape index (κ2) is 4.60. The predicted octanol–water partition coefficient (Wildman–Crippen LogP) is 4.05. The molecule has 0 saturated heterocycles. The first-order valence-electron chi connectivity index (χ1n) is 4.80. The third-order valence-corrected chi connectivity index (χ3v) is 4.25. The Balaban J connectivity index is 2.36. The number of rotatable bonds is 2. The fourth-order valence-corrected chi connectivity index (χ4v) is 2.85. The predicted molar refractivity (Wildman–Crippen MR) is 70.1 cm³/mol. The molecule has 0 aliphatic heterocycles. The Morgan fingerprint density at radius 3 is 2.88 bits per heavy atom. The van der Waals surface area contributed by atoms with Crippen LogP contribution in [0.25, 0.3) is 0 Å². The number of thiophene rings is 2. The first-order chi connectivity index (χ1) is 7.72. The summed E-state index contributed by atoms with van der Waals surface area (Å²) in [4.78, 5) is 6.65. The number of hydrogen-bond donors (Lipinski definition) is 0. The van der Waals surface area contributed by atoms with Gasteiger partial charge in [0.1, 0.15) is 11.1 Å². The zero-order valence-electron chi connectivity index (χ0n) is 9.02. The Bertz CT molecular complexity index is 557. The molecule has 2 heterocycles. The van der Waals surface area contributed by atoms with Gasteiger partial charge in [-0.25, -0.2) is 4.99 Å². The zero-order valence-corrected chi connectivity index (χ0v) is 10.7. The van der Waals surface area contributed by atoms with Gasteiger partial charge in [-0.05, 0) is 30.9 Å². The molecule has 0 spiro atoms. The molecule has 0 radical (unpaired) electrons. The van der Waals surface area contributed by atoms with Gasteiger partial charge in [0.15, 0.2) is 0 Å². The van der Waals surface area contributed by atoms with Crippen molar-refractivity contribution in [2.75, 3.05) is 0 Å². The Morgan fingerprint density at radius 1 is 1.44 bits per heavy atom. The van der Waals surface area contributed by atoms with Crippen molar-refractivity contribution >= 4 is 33.9 Å². The van der Waals surface area contributed by atoms with Crippen molar-refractivity contribution in [3.05, 3.63) is 38.4 Å². The second-order valence-corrected chi connectivity index (χ2v) is 5.53. The molecular formula is C12H10N2S2. The van der Waals surface area contributed by atoms with Crippen molar-refractivity contribution in [2.45, 2.75) is 13.8 Å². The summed E-state index contributed by atoms with van der Waals surface area (Å²) in [5, 5.41) is 11.9. The molecule has 0 aliphatic carbocycles. The number of hydrogen-bond acceptors (Lipinski definition) is 4. The van der Waals surface area contributed by atoms with E-state index in [1.165, 1.54) is 0 Å². The van der Waals surface area contributed by atoms with E-state index in [1.54, 1.807) is 22.7 Å². The van der Waals surface area contributed by atoms with Crippen LogP contribution in [0, 0.1) is 25.2 Å². The maximum atomic E-state index is 9.06. The number of aryl methyl sites for hydroxylation is 1. The Morgan fingerprint density at radius 2 is 2.25 bits per heavy atom. The fourth-order valence-electron chi connectivity index (χ4n) is 1.32. The van der Waals surface area contributed by atoms with Gasteiger partial charge in [0.25, 0.3) is 0 Å². The molecule has 0 bridgehead atoms. The minimum absolute atomic E-state index is 0.704. The lowest BCUT2D eigenvalue weighted by Gasteiger charge is -1.88. The molecule has 2 nitrogen and oxygen atoms in total. The molecule has 80 valence electrons. The molecule has 0 aromatic carbocycles. The number of nitrogens with zero attached hydrogens (tertiary/aromatic N) is 2. The topological polar surface area (TPSA) is 36.1 Å². The van der Waals surface area contributed by atoms with E-state index in [4.69, 9.17) is 5.26 Å². The van der Waals surface area contributed by atoms with Crippen molar-refractivity contribution in [1.29, 1.82) is 5.26 Å². The second-order valence-electron chi connectivity index (χ2n) is 3.35. The summed E-state index contributed by atoms with van der Waals surface area (Å²) >= 11 is 3.21. The standard InChI is InChI=1S/C12H10N2S2/c1-8-9(2)16-12(11(8)6-13)14-7-10-4-3-5-15-10/h3-5,7H,1-2H3/b14-7+. The normalized spacial score (nSPS) is 10.8. The zero-order chi connectivity index (χ0) is 11.5. The van der Waals surface area contributed by atoms with Gasteiger partial charge in [-0.3, -0.25) is 0 Å². The molecule has 0 amide bonds. The molecule has 0 fully saturated rings. The Labute approximate surface area is 103 Å². The summed E-state index contributed by atoms with van der Waals surface area (Å²) in [7, 11) is 0. The van der Waals surface area contributed by atoms with Crippen molar-refractivity contribution in [2.24, 2.45) is 4.99 Å². The molecule has 0 unspecified atom stereocenters. The fraction of sp³-hybridized carbons (Fsp3) is 0.167. The lowest BCUT2D eigenvalue weighted by Crippen LogP contribution is -1.76. The lowest BCUT2D eigenvalue weighted by molar-refractivity contribution is 1.38. The smallest absolute Gasteiger partial charge is 0.134 e. The van der Waals surface area contributed by atoms with Gasteiger partial charge in [0.05, 0.1) is 5.56 Å². The van der Waals surface area contributed by atoms with Crippen LogP contribution in [-0.4, -0.2) is 6.21 Å². The molecule has 16 heavy (non-hydrogen) atoms. The Hall–Kier alpha value is -1.44. The van der Waals surface area contributed by atoms with Crippen LogP contribution >= 0.6 is 22.7 Å². The summed E-state index contributed by atoms with van der Waals surface area (Å²) in [6.45, 7) is 3.99. The van der Waals surface area contributed by atoms with Gasteiger partial charge in [-0.2, -0.15) is 5.26 Å². The van der Waals surface area contributed by atoms with E-state index in [9.17, 15) is 0 Å². The summed E-state index contributed by atoms with van der Waals surface area (Å²) < 4.78 is 0. The molecule has 2 aromatic heterocycles. The van der Waals surface area contributed by atoms with Gasteiger partial charge >= 0.3 is 0 Å². The highest BCUT2D eigenvalue weighted by Gasteiger charge is 2.10. The number of nitriles is 1. The molecular weight excluding hydrogens is 236 g/mol. The lowest BCUT2D eigenvalue weighted by atomic mass is 10.2. The summed E-state index contributed by atoms with van der Waals surface area (Å²) in [6.07, 6.45) is 1.82. The van der Waals surface area contributed by atoms with E-state index in [2.05, 4.69) is 11.1 Å². The van der Waals surface area contributed by atoms with Crippen molar-refractivity contribution < 1.29 is 0 Å². The van der Waals surface area contributed by atoms with Crippen LogP contribution in [0.15, 0.2) is 22.5 Å². The van der Waals surface area contributed by atoms with Crippen molar-refractivity contribution in [3.8, 4) is 6.07 Å². The van der Waals surface area contributed by atoms with Crippen LogP contribution in [-0.2, 0) is 0 Å². The van der Waals surface area contributed by atoms with Crippen LogP contribution in [0.5, 0.6) is 0 Å². The van der Waals surface area contributed by atoms with Crippen LogP contribution in [0.1, 0.15) is 20.9 Å². The molecule has 4 heteroatoms. The summed E-state index contributed by atoms with van der Waals surface area (Å²) in [5.74, 6) is 0. The SMILES string of the molecule is Cc1sc(/N=C/c2cccs2)c(C#N)c1C. The Kier molecular flexibility index (Phi) is 3.18. The maximum Gasteiger partial charge on any atom is 0.134 e. The van der Waals surface area contributed by atoms with Gasteiger partial charge in [-0.15, -0.1) is 22.7 Å². The van der Waals surface area contributed by atoms with Gasteiger partial charge < -0.3 is 0 Å². The third-order valence-electron chi connectivity index (χ3n) is 2.33. The van der Waals surface area contributed by atoms with Crippen LogP contribution in [0.2, 0.25) is 0 Å². The first-order valence-corrected chi connectivity index (χ1v) is 6.49. The minimum Gasteiger partial charge on any atom is -0.243 e. The van der Waals surface area contributed by atoms with Crippen LogP contribution in [0.3, 0.4) is 0 Å². The van der Waals surface area contributed by atoms with Gasteiger partial charge in [0.2, 0.25) is 0 Å². The van der Waals surface area contributed by atoms with E-state index in [0.29, 0.717) is 5.56 Å². The maximum absolute atomic E-state index is 9.06. The monoisotopic (exact) mass is 246 g/mol. The van der Waals surface area contributed by atoms with E-state index >= 15 is 0 Å². The number of aliphatic imine (C=N–C) groups is 1. The molecule has 2 rings (SSSR count). The molecule has 0 saturated carbocycles. The quantitative estimate of drug-likeness (QED) is 0.736. The summed E-state index contributed by atoms with van der Waals surface area (Å²) in [6, 6.07) is 6.21. The molecule has 0 N–H and O–H groups in total. The average Bonchev–Trinajstić information content (AvgIpc) is 2.86. The van der Waals surface area contributed by atoms with E-state index < -0.39 is 0 Å². The van der Waals surface area contributed by atoms with E-state index in [0.717, 1.165) is 20.3 Å². The van der Waals surface area contributed by atoms with Gasteiger partial charge in [0, 0.05) is 16.0 Å². The summed E-state index contributed by atoms with van der Waals surface area (Å²) in [5.41, 5.74) is 1.75.